The zero-order chi connectivity index (χ0) is 12.4. The van der Waals surface area contributed by atoms with Crippen molar-refractivity contribution in [2.24, 2.45) is 0 Å². The van der Waals surface area contributed by atoms with Crippen molar-refractivity contribution >= 4 is 44.6 Å². The molecule has 1 atom stereocenters. The third-order valence-corrected chi connectivity index (χ3v) is 4.70. The van der Waals surface area contributed by atoms with Gasteiger partial charge >= 0.3 is 0 Å². The fourth-order valence-corrected chi connectivity index (χ4v) is 3.36. The maximum Gasteiger partial charge on any atom is 0.143 e. The van der Waals surface area contributed by atoms with Crippen LogP contribution >= 0.6 is 38.9 Å². The van der Waals surface area contributed by atoms with E-state index >= 15 is 0 Å². The number of rotatable bonds is 3. The van der Waals surface area contributed by atoms with E-state index in [-0.39, 0.29) is 11.1 Å². The topological polar surface area (TPSA) is 12.0 Å². The molecular formula is C12H10BrClFNS. The summed E-state index contributed by atoms with van der Waals surface area (Å²) in [5.74, 6) is -0.408. The lowest BCUT2D eigenvalue weighted by molar-refractivity contribution is 0.628. The lowest BCUT2D eigenvalue weighted by atomic mass is 10.2. The van der Waals surface area contributed by atoms with E-state index in [1.807, 2.05) is 18.4 Å². The molecule has 0 aliphatic carbocycles. The molecule has 2 aromatic rings. The van der Waals surface area contributed by atoms with Crippen molar-refractivity contribution in [3.05, 3.63) is 49.8 Å². The summed E-state index contributed by atoms with van der Waals surface area (Å²) in [6.45, 7) is 2.03. The number of anilines is 1. The minimum atomic E-state index is -0.408. The highest BCUT2D eigenvalue weighted by molar-refractivity contribution is 9.10. The van der Waals surface area contributed by atoms with Crippen LogP contribution in [0.3, 0.4) is 0 Å². The van der Waals surface area contributed by atoms with Crippen LogP contribution in [-0.4, -0.2) is 0 Å². The molecule has 17 heavy (non-hydrogen) atoms. The van der Waals surface area contributed by atoms with Gasteiger partial charge in [0.1, 0.15) is 5.82 Å². The van der Waals surface area contributed by atoms with Gasteiger partial charge in [-0.05, 0) is 52.5 Å². The molecule has 0 aliphatic rings. The predicted molar refractivity (Wildman–Crippen MR) is 75.5 cm³/mol. The molecule has 0 bridgehead atoms. The van der Waals surface area contributed by atoms with Gasteiger partial charge in [0.15, 0.2) is 0 Å². The first-order valence-corrected chi connectivity index (χ1v) is 7.07. The van der Waals surface area contributed by atoms with Gasteiger partial charge in [-0.3, -0.25) is 0 Å². The SMILES string of the molecule is CC(Nc1ccc(Cl)c(F)c1)c1sccc1Br. The lowest BCUT2D eigenvalue weighted by Gasteiger charge is -2.14. The van der Waals surface area contributed by atoms with Gasteiger partial charge < -0.3 is 5.32 Å². The summed E-state index contributed by atoms with van der Waals surface area (Å²) in [6.07, 6.45) is 0. The molecule has 2 rings (SSSR count). The molecule has 1 aromatic heterocycles. The van der Waals surface area contributed by atoms with E-state index < -0.39 is 5.82 Å². The van der Waals surface area contributed by atoms with Crippen LogP contribution in [0.25, 0.3) is 0 Å². The van der Waals surface area contributed by atoms with Gasteiger partial charge in [0, 0.05) is 15.0 Å². The number of nitrogens with one attached hydrogen (secondary N) is 1. The van der Waals surface area contributed by atoms with Gasteiger partial charge in [0.2, 0.25) is 0 Å². The predicted octanol–water partition coefficient (Wildman–Crippen LogP) is 5.48. The van der Waals surface area contributed by atoms with Crippen LogP contribution in [0.2, 0.25) is 5.02 Å². The Labute approximate surface area is 117 Å². The molecular weight excluding hydrogens is 325 g/mol. The van der Waals surface area contributed by atoms with E-state index in [1.54, 1.807) is 23.5 Å². The van der Waals surface area contributed by atoms with E-state index in [0.29, 0.717) is 0 Å². The highest BCUT2D eigenvalue weighted by Gasteiger charge is 2.11. The molecule has 1 N–H and O–H groups in total. The normalized spacial score (nSPS) is 12.5. The molecule has 0 amide bonds. The van der Waals surface area contributed by atoms with E-state index in [9.17, 15) is 4.39 Å². The van der Waals surface area contributed by atoms with Crippen molar-refractivity contribution in [1.82, 2.24) is 0 Å². The van der Waals surface area contributed by atoms with Crippen molar-refractivity contribution in [3.8, 4) is 0 Å². The quantitative estimate of drug-likeness (QED) is 0.784. The Morgan fingerprint density at radius 3 is 2.76 bits per heavy atom. The summed E-state index contributed by atoms with van der Waals surface area (Å²) in [6, 6.07) is 6.84. The van der Waals surface area contributed by atoms with E-state index in [4.69, 9.17) is 11.6 Å². The fourth-order valence-electron chi connectivity index (χ4n) is 1.52. The van der Waals surface area contributed by atoms with E-state index in [2.05, 4.69) is 21.2 Å². The molecule has 0 saturated carbocycles. The molecule has 1 nitrogen and oxygen atoms in total. The summed E-state index contributed by atoms with van der Waals surface area (Å²) < 4.78 is 14.3. The third kappa shape index (κ3) is 3.00. The number of hydrogen-bond donors (Lipinski definition) is 1. The van der Waals surface area contributed by atoms with Gasteiger partial charge in [-0.15, -0.1) is 11.3 Å². The van der Waals surface area contributed by atoms with Gasteiger partial charge in [0.05, 0.1) is 11.1 Å². The zero-order valence-corrected chi connectivity index (χ0v) is 12.2. The summed E-state index contributed by atoms with van der Waals surface area (Å²) in [4.78, 5) is 1.18. The summed E-state index contributed by atoms with van der Waals surface area (Å²) in [5.41, 5.74) is 0.722. The van der Waals surface area contributed by atoms with Gasteiger partial charge in [-0.2, -0.15) is 0 Å². The number of hydrogen-bond acceptors (Lipinski definition) is 2. The van der Waals surface area contributed by atoms with Crippen LogP contribution in [-0.2, 0) is 0 Å². The molecule has 0 spiro atoms. The van der Waals surface area contributed by atoms with Gasteiger partial charge in [0.25, 0.3) is 0 Å². The molecule has 1 unspecified atom stereocenters. The highest BCUT2D eigenvalue weighted by Crippen LogP contribution is 2.31. The number of halogens is 3. The van der Waals surface area contributed by atoms with Crippen LogP contribution in [0.1, 0.15) is 17.8 Å². The summed E-state index contributed by atoms with van der Waals surface area (Å²) in [5, 5.41) is 5.39. The summed E-state index contributed by atoms with van der Waals surface area (Å²) in [7, 11) is 0. The monoisotopic (exact) mass is 333 g/mol. The molecule has 5 heteroatoms. The van der Waals surface area contributed by atoms with Crippen molar-refractivity contribution in [1.29, 1.82) is 0 Å². The van der Waals surface area contributed by atoms with Crippen molar-refractivity contribution < 1.29 is 4.39 Å². The number of benzene rings is 1. The van der Waals surface area contributed by atoms with Crippen molar-refractivity contribution in [2.45, 2.75) is 13.0 Å². The van der Waals surface area contributed by atoms with Gasteiger partial charge in [-0.1, -0.05) is 11.6 Å². The second-order valence-electron chi connectivity index (χ2n) is 3.63. The van der Waals surface area contributed by atoms with Crippen molar-refractivity contribution in [2.75, 3.05) is 5.32 Å². The van der Waals surface area contributed by atoms with E-state index in [0.717, 1.165) is 10.2 Å². The largest absolute Gasteiger partial charge is 0.378 e. The Balaban J connectivity index is 2.16. The second-order valence-corrected chi connectivity index (χ2v) is 5.84. The summed E-state index contributed by atoms with van der Waals surface area (Å²) >= 11 is 10.8. The molecule has 1 aromatic carbocycles. The van der Waals surface area contributed by atoms with Crippen LogP contribution < -0.4 is 5.32 Å². The molecule has 90 valence electrons. The average molecular weight is 335 g/mol. The van der Waals surface area contributed by atoms with Crippen LogP contribution in [0.5, 0.6) is 0 Å². The van der Waals surface area contributed by atoms with Crippen molar-refractivity contribution in [3.63, 3.8) is 0 Å². The maximum atomic E-state index is 13.3. The Morgan fingerprint density at radius 1 is 1.41 bits per heavy atom. The van der Waals surface area contributed by atoms with Crippen LogP contribution in [0.15, 0.2) is 34.1 Å². The minimum Gasteiger partial charge on any atom is -0.378 e. The molecule has 0 radical (unpaired) electrons. The lowest BCUT2D eigenvalue weighted by Crippen LogP contribution is -2.05. The fraction of sp³-hybridized carbons (Fsp3) is 0.167. The first-order chi connectivity index (χ1) is 8.08. The molecule has 0 saturated heterocycles. The maximum absolute atomic E-state index is 13.3. The average Bonchev–Trinajstić information content (AvgIpc) is 2.70. The highest BCUT2D eigenvalue weighted by atomic mass is 79.9. The smallest absolute Gasteiger partial charge is 0.143 e. The van der Waals surface area contributed by atoms with E-state index in [1.165, 1.54) is 10.9 Å². The Bertz CT molecular complexity index is 529. The zero-order valence-electron chi connectivity index (χ0n) is 9.01. The first kappa shape index (κ1) is 12.9. The Hall–Kier alpha value is -0.580. The van der Waals surface area contributed by atoms with Gasteiger partial charge in [-0.25, -0.2) is 4.39 Å². The number of thiophene rings is 1. The molecule has 0 aliphatic heterocycles. The van der Waals surface area contributed by atoms with Crippen LogP contribution in [0.4, 0.5) is 10.1 Å². The third-order valence-electron chi connectivity index (χ3n) is 2.34. The minimum absolute atomic E-state index is 0.116. The second kappa shape index (κ2) is 5.38. The first-order valence-electron chi connectivity index (χ1n) is 5.02. The van der Waals surface area contributed by atoms with Crippen LogP contribution in [0, 0.1) is 5.82 Å². The Kier molecular flexibility index (Phi) is 4.07. The molecule has 1 heterocycles. The Morgan fingerprint density at radius 2 is 2.18 bits per heavy atom. The standard InChI is InChI=1S/C12H10BrClFNS/c1-7(12-9(13)4-5-17-12)16-8-2-3-10(14)11(15)6-8/h2-7,16H,1H3. The molecule has 0 fully saturated rings.